The van der Waals surface area contributed by atoms with Gasteiger partial charge in [0, 0.05) is 89.6 Å². The van der Waals surface area contributed by atoms with Gasteiger partial charge in [0.05, 0.1) is 11.2 Å². The summed E-state index contributed by atoms with van der Waals surface area (Å²) >= 11 is 6.23. The van der Waals surface area contributed by atoms with Crippen molar-refractivity contribution in [3.05, 3.63) is 59.0 Å². The van der Waals surface area contributed by atoms with Crippen molar-refractivity contribution in [3.8, 4) is 5.69 Å². The first-order valence-electron chi connectivity index (χ1n) is 13.7. The van der Waals surface area contributed by atoms with Gasteiger partial charge < -0.3 is 24.2 Å². The lowest BCUT2D eigenvalue weighted by Gasteiger charge is -2.37. The van der Waals surface area contributed by atoms with E-state index in [2.05, 4.69) is 23.7 Å². The molecular weight excluding hydrogens is 530 g/mol. The van der Waals surface area contributed by atoms with Crippen molar-refractivity contribution in [1.82, 2.24) is 34.1 Å². The minimum atomic E-state index is -0.140. The summed E-state index contributed by atoms with van der Waals surface area (Å²) in [5.74, 6) is -0.140. The van der Waals surface area contributed by atoms with E-state index in [1.165, 1.54) is 0 Å². The van der Waals surface area contributed by atoms with Crippen LogP contribution in [0, 0.1) is 0 Å². The maximum absolute atomic E-state index is 13.9. The van der Waals surface area contributed by atoms with E-state index in [1.54, 1.807) is 41.1 Å². The van der Waals surface area contributed by atoms with Gasteiger partial charge in [0.2, 0.25) is 0 Å². The standard InChI is InChI=1S/C29H36ClN7O3/c1-20(2)33-9-11-34(12-10-33)27(38)21-5-6-24-22(17-21)18-25(37(24)23-7-8-31-26(30)19-23)28(39)35-13-15-36(16-14-35)29(40)32(3)4/h5-8,17-20H,9-16H2,1-4H3. The third-order valence-corrected chi connectivity index (χ3v) is 7.99. The molecule has 10 nitrogen and oxygen atoms in total. The Labute approximate surface area is 239 Å². The molecule has 0 aliphatic carbocycles. The SMILES string of the molecule is CC(C)N1CCN(C(=O)c2ccc3c(c2)cc(C(=O)N2CCN(C(=O)N(C)C)CC2)n3-c2ccnc(Cl)c2)CC1. The van der Waals surface area contributed by atoms with E-state index in [4.69, 9.17) is 11.6 Å². The van der Waals surface area contributed by atoms with Crippen LogP contribution in [0.3, 0.4) is 0 Å². The zero-order chi connectivity index (χ0) is 28.6. The average molecular weight is 566 g/mol. The predicted molar refractivity (Wildman–Crippen MR) is 155 cm³/mol. The van der Waals surface area contributed by atoms with Gasteiger partial charge in [-0.2, -0.15) is 0 Å². The average Bonchev–Trinajstić information content (AvgIpc) is 3.35. The Morgan fingerprint density at radius 1 is 0.825 bits per heavy atom. The van der Waals surface area contributed by atoms with E-state index in [0.29, 0.717) is 67.4 Å². The molecule has 2 fully saturated rings. The van der Waals surface area contributed by atoms with Crippen molar-refractivity contribution < 1.29 is 14.4 Å². The third kappa shape index (κ3) is 5.51. The van der Waals surface area contributed by atoms with E-state index in [1.807, 2.05) is 39.8 Å². The van der Waals surface area contributed by atoms with Crippen LogP contribution in [-0.4, -0.2) is 124 Å². The van der Waals surface area contributed by atoms with Crippen molar-refractivity contribution in [1.29, 1.82) is 0 Å². The van der Waals surface area contributed by atoms with Gasteiger partial charge >= 0.3 is 6.03 Å². The Hall–Kier alpha value is -3.63. The van der Waals surface area contributed by atoms with Gasteiger partial charge in [-0.3, -0.25) is 14.5 Å². The summed E-state index contributed by atoms with van der Waals surface area (Å²) in [5, 5.41) is 1.12. The molecule has 1 aromatic carbocycles. The normalized spacial score (nSPS) is 16.6. The quantitative estimate of drug-likeness (QED) is 0.453. The molecule has 2 aromatic heterocycles. The van der Waals surface area contributed by atoms with Gasteiger partial charge in [0.25, 0.3) is 11.8 Å². The molecule has 2 saturated heterocycles. The fourth-order valence-electron chi connectivity index (χ4n) is 5.48. The Balaban J connectivity index is 1.45. The van der Waals surface area contributed by atoms with E-state index >= 15 is 0 Å². The van der Waals surface area contributed by atoms with Crippen LogP contribution in [0.5, 0.6) is 0 Å². The first kappa shape index (κ1) is 27.9. The largest absolute Gasteiger partial charge is 0.336 e. The van der Waals surface area contributed by atoms with Crippen molar-refractivity contribution in [2.45, 2.75) is 19.9 Å². The van der Waals surface area contributed by atoms with Crippen molar-refractivity contribution >= 4 is 40.3 Å². The molecule has 212 valence electrons. The van der Waals surface area contributed by atoms with Crippen molar-refractivity contribution in [3.63, 3.8) is 0 Å². The highest BCUT2D eigenvalue weighted by Crippen LogP contribution is 2.28. The predicted octanol–water partition coefficient (Wildman–Crippen LogP) is 3.28. The number of amides is 4. The lowest BCUT2D eigenvalue weighted by molar-refractivity contribution is 0.0595. The molecular formula is C29H36ClN7O3. The Bertz CT molecular complexity index is 1420. The second kappa shape index (κ2) is 11.5. The number of halogens is 1. The Kier molecular flexibility index (Phi) is 8.00. The number of carbonyl (C=O) groups excluding carboxylic acids is 3. The number of urea groups is 1. The number of hydrogen-bond acceptors (Lipinski definition) is 5. The van der Waals surface area contributed by atoms with Crippen LogP contribution < -0.4 is 0 Å². The molecule has 0 atom stereocenters. The lowest BCUT2D eigenvalue weighted by Crippen LogP contribution is -2.53. The van der Waals surface area contributed by atoms with Gasteiger partial charge in [0.15, 0.2) is 0 Å². The van der Waals surface area contributed by atoms with Crippen molar-refractivity contribution in [2.24, 2.45) is 0 Å². The highest BCUT2D eigenvalue weighted by molar-refractivity contribution is 6.29. The molecule has 0 saturated carbocycles. The number of piperazine rings is 2. The number of rotatable bonds is 4. The molecule has 11 heteroatoms. The summed E-state index contributed by atoms with van der Waals surface area (Å²) in [6.07, 6.45) is 1.61. The van der Waals surface area contributed by atoms with E-state index in [0.717, 1.165) is 24.0 Å². The summed E-state index contributed by atoms with van der Waals surface area (Å²) < 4.78 is 1.87. The number of benzene rings is 1. The molecule has 40 heavy (non-hydrogen) atoms. The Morgan fingerprint density at radius 2 is 1.45 bits per heavy atom. The lowest BCUT2D eigenvalue weighted by atomic mass is 10.1. The molecule has 3 aromatic rings. The van der Waals surface area contributed by atoms with Gasteiger partial charge in [-0.15, -0.1) is 0 Å². The van der Waals surface area contributed by atoms with E-state index < -0.39 is 0 Å². The van der Waals surface area contributed by atoms with Crippen LogP contribution in [0.25, 0.3) is 16.6 Å². The zero-order valence-corrected chi connectivity index (χ0v) is 24.3. The molecule has 0 radical (unpaired) electrons. The summed E-state index contributed by atoms with van der Waals surface area (Å²) in [5.41, 5.74) is 2.59. The minimum Gasteiger partial charge on any atom is -0.336 e. The van der Waals surface area contributed by atoms with E-state index in [-0.39, 0.29) is 17.8 Å². The molecule has 2 aliphatic rings. The van der Waals surface area contributed by atoms with Crippen LogP contribution in [0.15, 0.2) is 42.6 Å². The van der Waals surface area contributed by atoms with Gasteiger partial charge in [-0.25, -0.2) is 9.78 Å². The number of fused-ring (bicyclic) bond motifs is 1. The fraction of sp³-hybridized carbons (Fsp3) is 0.448. The fourth-order valence-corrected chi connectivity index (χ4v) is 5.65. The number of nitrogens with zero attached hydrogens (tertiary/aromatic N) is 7. The maximum atomic E-state index is 13.9. The first-order chi connectivity index (χ1) is 19.1. The third-order valence-electron chi connectivity index (χ3n) is 7.79. The zero-order valence-electron chi connectivity index (χ0n) is 23.5. The highest BCUT2D eigenvalue weighted by atomic mass is 35.5. The van der Waals surface area contributed by atoms with Crippen LogP contribution in [-0.2, 0) is 0 Å². The van der Waals surface area contributed by atoms with Crippen LogP contribution >= 0.6 is 11.6 Å². The number of hydrogen-bond donors (Lipinski definition) is 0. The summed E-state index contributed by atoms with van der Waals surface area (Å²) in [6.45, 7) is 9.25. The van der Waals surface area contributed by atoms with Gasteiger partial charge in [-0.1, -0.05) is 11.6 Å². The number of aromatic nitrogens is 2. The topological polar surface area (TPSA) is 85.2 Å². The van der Waals surface area contributed by atoms with Crippen LogP contribution in [0.1, 0.15) is 34.7 Å². The molecule has 2 aliphatic heterocycles. The summed E-state index contributed by atoms with van der Waals surface area (Å²) in [6, 6.07) is 11.4. The van der Waals surface area contributed by atoms with E-state index in [9.17, 15) is 14.4 Å². The minimum absolute atomic E-state index is 0.000399. The highest BCUT2D eigenvalue weighted by Gasteiger charge is 2.29. The molecule has 0 unspecified atom stereocenters. The first-order valence-corrected chi connectivity index (χ1v) is 14.1. The second-order valence-corrected chi connectivity index (χ2v) is 11.2. The maximum Gasteiger partial charge on any atom is 0.319 e. The summed E-state index contributed by atoms with van der Waals surface area (Å²) in [7, 11) is 3.45. The van der Waals surface area contributed by atoms with Crippen LogP contribution in [0.4, 0.5) is 4.79 Å². The van der Waals surface area contributed by atoms with Crippen molar-refractivity contribution in [2.75, 3.05) is 66.5 Å². The Morgan fingerprint density at radius 3 is 2.08 bits per heavy atom. The molecule has 5 rings (SSSR count). The molecule has 0 spiro atoms. The van der Waals surface area contributed by atoms with Gasteiger partial charge in [0.1, 0.15) is 10.8 Å². The molecule has 0 N–H and O–H groups in total. The van der Waals surface area contributed by atoms with Gasteiger partial charge in [-0.05, 0) is 50.2 Å². The number of carbonyl (C=O) groups is 3. The van der Waals surface area contributed by atoms with Crippen LogP contribution in [0.2, 0.25) is 5.15 Å². The molecule has 4 amide bonds. The number of pyridine rings is 1. The summed E-state index contributed by atoms with van der Waals surface area (Å²) in [4.78, 5) is 53.1. The smallest absolute Gasteiger partial charge is 0.319 e. The monoisotopic (exact) mass is 565 g/mol. The second-order valence-electron chi connectivity index (χ2n) is 10.9. The molecule has 0 bridgehead atoms. The molecule has 4 heterocycles.